The van der Waals surface area contributed by atoms with Crippen molar-refractivity contribution in [3.05, 3.63) is 0 Å². The molecule has 0 unspecified atom stereocenters. The van der Waals surface area contributed by atoms with E-state index in [1.165, 1.54) is 0 Å². The minimum atomic E-state index is -4.31. The number of aliphatic hydroxyl groups excluding tert-OH is 3. The van der Waals surface area contributed by atoms with Crippen molar-refractivity contribution >= 4 is 0 Å². The Hall–Kier alpha value is 0.184. The number of hydrogen-bond donors (Lipinski definition) is 3. The summed E-state index contributed by atoms with van der Waals surface area (Å²) in [5.41, 5.74) is 0. The molecule has 0 rings (SSSR count). The molecule has 8 heteroatoms. The first kappa shape index (κ1) is 14.2. The van der Waals surface area contributed by atoms with Crippen molar-refractivity contribution in [2.24, 2.45) is 0 Å². The van der Waals surface area contributed by atoms with E-state index in [1.807, 2.05) is 0 Å². The second kappa shape index (κ2) is 8.49. The van der Waals surface area contributed by atoms with Crippen LogP contribution in [0.1, 0.15) is 0 Å². The van der Waals surface area contributed by atoms with Gasteiger partial charge in [-0.2, -0.15) is 0 Å². The average molecular weight is 245 g/mol. The zero-order valence-corrected chi connectivity index (χ0v) is 9.32. The van der Waals surface area contributed by atoms with Crippen molar-refractivity contribution in [3.8, 4) is 0 Å². The number of rotatable bonds is 6. The van der Waals surface area contributed by atoms with E-state index in [1.54, 1.807) is 0 Å². The van der Waals surface area contributed by atoms with Crippen LogP contribution < -0.4 is 0 Å². The van der Waals surface area contributed by atoms with Gasteiger partial charge >= 0.3 is 86.0 Å². The molecule has 0 aliphatic carbocycles. The molecule has 0 radical (unpaired) electrons. The summed E-state index contributed by atoms with van der Waals surface area (Å²) in [6.45, 7) is -1.11. The van der Waals surface area contributed by atoms with Crippen LogP contribution >= 0.6 is 0 Å². The molecular weight excluding hydrogens is 230 g/mol. The first-order valence-corrected chi connectivity index (χ1v) is 6.76. The third kappa shape index (κ3) is 6.61. The van der Waals surface area contributed by atoms with Crippen molar-refractivity contribution in [3.63, 3.8) is 0 Å². The topological polar surface area (TPSA) is 112 Å². The zero-order chi connectivity index (χ0) is 10.9. The third-order valence-corrected chi connectivity index (χ3v) is 3.79. The Kier molecular flexibility index (Phi) is 8.60. The fourth-order valence-corrected chi connectivity index (χ4v) is 2.68. The molecular formula is C6H15NO6Ti. The summed E-state index contributed by atoms with van der Waals surface area (Å²) in [4.78, 5) is 0. The van der Waals surface area contributed by atoms with E-state index in [0.717, 1.165) is 0 Å². The molecule has 0 aliphatic heterocycles. The van der Waals surface area contributed by atoms with Crippen LogP contribution in [0.2, 0.25) is 0 Å². The number of aliphatic hydroxyl groups is 3. The van der Waals surface area contributed by atoms with E-state index in [-0.39, 0.29) is 39.6 Å². The van der Waals surface area contributed by atoms with Gasteiger partial charge in [0.1, 0.15) is 0 Å². The van der Waals surface area contributed by atoms with Crippen LogP contribution in [0.25, 0.3) is 0 Å². The second-order valence-corrected chi connectivity index (χ2v) is 5.23. The molecule has 0 aliphatic rings. The molecule has 84 valence electrons. The second-order valence-electron chi connectivity index (χ2n) is 2.24. The predicted molar refractivity (Wildman–Crippen MR) is 40.8 cm³/mol. The number of nitrogens with zero attached hydrogens (tertiary/aromatic N) is 1. The Morgan fingerprint density at radius 1 is 0.786 bits per heavy atom. The van der Waals surface area contributed by atoms with E-state index in [2.05, 4.69) is 0 Å². The average Bonchev–Trinajstić information content (AvgIpc) is 2.21. The summed E-state index contributed by atoms with van der Waals surface area (Å²) in [5, 5.41) is 25.4. The third-order valence-electron chi connectivity index (χ3n) is 1.13. The Labute approximate surface area is 86.3 Å². The minimum absolute atomic E-state index is 0.104. The normalized spacial score (nSPS) is 10.7. The Bertz CT molecular complexity index is 190. The molecule has 0 heterocycles. The van der Waals surface area contributed by atoms with Gasteiger partial charge in [0.2, 0.25) is 0 Å². The van der Waals surface area contributed by atoms with Gasteiger partial charge in [0.15, 0.2) is 0 Å². The van der Waals surface area contributed by atoms with Crippen molar-refractivity contribution < 1.29 is 42.7 Å². The Balaban J connectivity index is 3.99. The Morgan fingerprint density at radius 3 is 1.29 bits per heavy atom. The van der Waals surface area contributed by atoms with E-state index in [4.69, 9.17) is 25.3 Å². The molecule has 3 N–H and O–H groups in total. The van der Waals surface area contributed by atoms with Crippen LogP contribution in [-0.4, -0.2) is 55.0 Å². The van der Waals surface area contributed by atoms with Gasteiger partial charge in [-0.25, -0.2) is 0 Å². The quantitative estimate of drug-likeness (QED) is 0.482. The standard InChI is InChI=1S/3C2H5O2.N.Ti/c3*3-1-2-4;;/h3*3H,1-2H2;;/q3*-1;;+3. The van der Waals surface area contributed by atoms with Crippen LogP contribution in [0.4, 0.5) is 0 Å². The molecule has 0 aromatic carbocycles. The van der Waals surface area contributed by atoms with Gasteiger partial charge in [0.25, 0.3) is 0 Å². The molecule has 0 fully saturated rings. The first-order valence-electron chi connectivity index (χ1n) is 4.15. The van der Waals surface area contributed by atoms with Gasteiger partial charge in [-0.1, -0.05) is 0 Å². The van der Waals surface area contributed by atoms with Crippen molar-refractivity contribution in [1.82, 2.24) is 0 Å². The van der Waals surface area contributed by atoms with Gasteiger partial charge < -0.3 is 0 Å². The predicted octanol–water partition coefficient (Wildman–Crippen LogP) is -1.61. The van der Waals surface area contributed by atoms with Gasteiger partial charge in [-0.3, -0.25) is 0 Å². The fraction of sp³-hybridized carbons (Fsp3) is 1.00. The van der Waals surface area contributed by atoms with Gasteiger partial charge in [0, 0.05) is 0 Å². The van der Waals surface area contributed by atoms with Crippen LogP contribution in [0, 0.1) is 3.65 Å². The summed E-state index contributed by atoms with van der Waals surface area (Å²) in [5.74, 6) is 0. The van der Waals surface area contributed by atoms with E-state index < -0.39 is 17.4 Å². The molecule has 0 amide bonds. The molecule has 0 spiro atoms. The molecule has 0 saturated carbocycles. The van der Waals surface area contributed by atoms with Crippen molar-refractivity contribution in [1.29, 1.82) is 3.65 Å². The fourth-order valence-electron chi connectivity index (χ4n) is 0.649. The molecule has 0 aromatic rings. The molecule has 0 atom stereocenters. The summed E-state index contributed by atoms with van der Waals surface area (Å²) in [6.07, 6.45) is 0. The molecule has 7 nitrogen and oxygen atoms in total. The maximum absolute atomic E-state index is 9.59. The SMILES string of the molecule is [N]#[Ti]([O]CCO)([O]CCO)[O]CCO. The van der Waals surface area contributed by atoms with Gasteiger partial charge in [-0.05, 0) is 0 Å². The molecule has 14 heavy (non-hydrogen) atoms. The van der Waals surface area contributed by atoms with Crippen molar-refractivity contribution in [2.45, 2.75) is 0 Å². The maximum atomic E-state index is 9.59. The van der Waals surface area contributed by atoms with Crippen LogP contribution in [-0.2, 0) is 27.3 Å². The van der Waals surface area contributed by atoms with Crippen LogP contribution in [0.3, 0.4) is 0 Å². The van der Waals surface area contributed by atoms with Gasteiger partial charge in [0.05, 0.1) is 0 Å². The molecule has 0 aromatic heterocycles. The zero-order valence-electron chi connectivity index (χ0n) is 7.76. The van der Waals surface area contributed by atoms with Crippen LogP contribution in [0.15, 0.2) is 0 Å². The molecule has 0 bridgehead atoms. The van der Waals surface area contributed by atoms with Gasteiger partial charge in [-0.15, -0.1) is 0 Å². The first-order chi connectivity index (χ1) is 6.68. The summed E-state index contributed by atoms with van der Waals surface area (Å²) >= 11 is -4.31. The summed E-state index contributed by atoms with van der Waals surface area (Å²) < 4.78 is 24.0. The van der Waals surface area contributed by atoms with Crippen molar-refractivity contribution in [2.75, 3.05) is 39.6 Å². The van der Waals surface area contributed by atoms with Crippen LogP contribution in [0.5, 0.6) is 0 Å². The monoisotopic (exact) mass is 245 g/mol. The van der Waals surface area contributed by atoms with E-state index in [9.17, 15) is 3.65 Å². The van der Waals surface area contributed by atoms with E-state index in [0.29, 0.717) is 0 Å². The Morgan fingerprint density at radius 2 is 1.07 bits per heavy atom. The van der Waals surface area contributed by atoms with E-state index >= 15 is 0 Å². The molecule has 0 saturated heterocycles. The summed E-state index contributed by atoms with van der Waals surface area (Å²) in [7, 11) is 0. The summed E-state index contributed by atoms with van der Waals surface area (Å²) in [6, 6.07) is 0. The number of hydrogen-bond acceptors (Lipinski definition) is 7.